The van der Waals surface area contributed by atoms with Crippen molar-refractivity contribution in [3.05, 3.63) is 35.0 Å². The Kier molecular flexibility index (Phi) is 6.26. The number of nitrogens with two attached hydrogens (primary N) is 1. The first kappa shape index (κ1) is 20.8. The van der Waals surface area contributed by atoms with E-state index in [4.69, 9.17) is 16.2 Å². The van der Waals surface area contributed by atoms with Crippen LogP contribution in [0.25, 0.3) is 0 Å². The number of aromatic carboxylic acids is 1. The Bertz CT molecular complexity index is 995. The van der Waals surface area contributed by atoms with Gasteiger partial charge in [-0.1, -0.05) is 0 Å². The molecule has 0 aliphatic rings. The Morgan fingerprint density at radius 2 is 1.86 bits per heavy atom. The van der Waals surface area contributed by atoms with E-state index in [1.54, 1.807) is 5.32 Å². The highest BCUT2D eigenvalue weighted by molar-refractivity contribution is 7.74. The van der Waals surface area contributed by atoms with Gasteiger partial charge in [-0.3, -0.25) is 10.8 Å². The van der Waals surface area contributed by atoms with Crippen molar-refractivity contribution in [1.82, 2.24) is 15.8 Å². The van der Waals surface area contributed by atoms with Crippen molar-refractivity contribution in [1.29, 1.82) is 5.41 Å². The minimum absolute atomic E-state index is 0.379. The van der Waals surface area contributed by atoms with Crippen molar-refractivity contribution in [3.8, 4) is 0 Å². The van der Waals surface area contributed by atoms with Gasteiger partial charge in [-0.2, -0.15) is 0 Å². The van der Waals surface area contributed by atoms with E-state index >= 15 is 0 Å². The summed E-state index contributed by atoms with van der Waals surface area (Å²) in [5.41, 5.74) is 7.60. The lowest BCUT2D eigenvalue weighted by Crippen LogP contribution is -2.46. The van der Waals surface area contributed by atoms with Gasteiger partial charge in [0, 0.05) is 12.1 Å². The molecule has 0 saturated heterocycles. The Labute approximate surface area is 160 Å². The molecule has 2 amide bonds. The van der Waals surface area contributed by atoms with E-state index < -0.39 is 57.6 Å². The molecule has 0 radical (unpaired) electrons. The number of carbonyl (C=O) groups is 2. The summed E-state index contributed by atoms with van der Waals surface area (Å²) in [5.74, 6) is -4.88. The number of carboxylic acid groups (broad SMARTS) is 1. The predicted molar refractivity (Wildman–Crippen MR) is 95.1 cm³/mol. The van der Waals surface area contributed by atoms with Gasteiger partial charge in [-0.25, -0.2) is 41.5 Å². The molecule has 1 aromatic carbocycles. The number of hydrazine groups is 1. The number of carbonyl (C=O) groups excluding carboxylic acids is 1. The van der Waals surface area contributed by atoms with Crippen LogP contribution < -0.4 is 26.2 Å². The first-order valence-corrected chi connectivity index (χ1v) is 8.90. The second-order valence-electron chi connectivity index (χ2n) is 4.76. The number of hydrogen-bond donors (Lipinski definition) is 7. The third-order valence-corrected chi connectivity index (χ3v) is 4.63. The number of nitrogens with one attached hydrogen (secondary N) is 4. The SMILES string of the molecule is N=C(N)NNC(=O)Nc1c(F)cc(N(c2scnc2C(=O)O)[SH](=O)=O)cc1F. The van der Waals surface area contributed by atoms with Gasteiger partial charge in [-0.05, 0) is 0 Å². The van der Waals surface area contributed by atoms with E-state index in [9.17, 15) is 26.8 Å². The lowest BCUT2D eigenvalue weighted by atomic mass is 10.2. The topological polar surface area (TPSA) is 191 Å². The van der Waals surface area contributed by atoms with Crippen LogP contribution in [0.15, 0.2) is 17.6 Å². The maximum absolute atomic E-state index is 14.3. The molecule has 0 aliphatic heterocycles. The van der Waals surface area contributed by atoms with Crippen molar-refractivity contribution < 1.29 is 31.9 Å². The molecule has 2 aromatic rings. The van der Waals surface area contributed by atoms with Gasteiger partial charge < -0.3 is 16.2 Å². The number of thiol groups is 1. The number of nitrogens with zero attached hydrogens (tertiary/aromatic N) is 2. The molecule has 0 atom stereocenters. The minimum atomic E-state index is -3.54. The van der Waals surface area contributed by atoms with Gasteiger partial charge in [0.05, 0.1) is 11.2 Å². The lowest BCUT2D eigenvalue weighted by molar-refractivity contribution is 0.0692. The smallest absolute Gasteiger partial charge is 0.357 e. The van der Waals surface area contributed by atoms with Crippen LogP contribution in [0.1, 0.15) is 10.5 Å². The van der Waals surface area contributed by atoms with Gasteiger partial charge in [0.25, 0.3) is 0 Å². The van der Waals surface area contributed by atoms with Crippen molar-refractivity contribution in [3.63, 3.8) is 0 Å². The highest BCUT2D eigenvalue weighted by Crippen LogP contribution is 2.35. The first-order chi connectivity index (χ1) is 13.1. The van der Waals surface area contributed by atoms with Crippen LogP contribution >= 0.6 is 11.3 Å². The van der Waals surface area contributed by atoms with Gasteiger partial charge in [0.15, 0.2) is 17.3 Å². The second-order valence-corrected chi connectivity index (χ2v) is 6.47. The fourth-order valence-electron chi connectivity index (χ4n) is 1.89. The van der Waals surface area contributed by atoms with Crippen LogP contribution in [-0.4, -0.2) is 36.5 Å². The van der Waals surface area contributed by atoms with E-state index in [0.29, 0.717) is 27.8 Å². The summed E-state index contributed by atoms with van der Waals surface area (Å²) >= 11 is 0.630. The molecule has 0 aliphatic carbocycles. The summed E-state index contributed by atoms with van der Waals surface area (Å²) in [6.45, 7) is 0. The van der Waals surface area contributed by atoms with Crippen LogP contribution in [0.2, 0.25) is 0 Å². The summed E-state index contributed by atoms with van der Waals surface area (Å²) in [7, 11) is -3.54. The summed E-state index contributed by atoms with van der Waals surface area (Å²) in [6, 6.07) is -0.00984. The molecule has 28 heavy (non-hydrogen) atoms. The standard InChI is InChI=1S/C12H11F2N7O5S2/c13-5-1-4(2-6(14)7(5)18-12(24)20-19-11(15)16)21(28(25)26)9-8(10(22)23)17-3-27-9/h1-3,28H,(H,22,23)(H4,15,16,19)(H2,18,20,24). The molecule has 1 aromatic heterocycles. The minimum Gasteiger partial charge on any atom is -0.476 e. The normalized spacial score (nSPS) is 10.4. The maximum atomic E-state index is 14.3. The fourth-order valence-corrected chi connectivity index (χ4v) is 3.50. The Morgan fingerprint density at radius 3 is 2.36 bits per heavy atom. The number of aromatic nitrogens is 1. The molecule has 16 heteroatoms. The number of guanidine groups is 1. The van der Waals surface area contributed by atoms with Crippen LogP contribution in [0.3, 0.4) is 0 Å². The summed E-state index contributed by atoms with van der Waals surface area (Å²) < 4.78 is 52.1. The second kappa shape index (κ2) is 8.44. The van der Waals surface area contributed by atoms with E-state index in [2.05, 4.69) is 4.98 Å². The number of benzene rings is 1. The zero-order valence-electron chi connectivity index (χ0n) is 13.4. The van der Waals surface area contributed by atoms with Crippen molar-refractivity contribution in [2.75, 3.05) is 9.62 Å². The summed E-state index contributed by atoms with van der Waals surface area (Å²) in [5, 5.41) is 17.3. The van der Waals surface area contributed by atoms with E-state index in [-0.39, 0.29) is 5.00 Å². The summed E-state index contributed by atoms with van der Waals surface area (Å²) in [6.07, 6.45) is 0. The van der Waals surface area contributed by atoms with E-state index in [1.165, 1.54) is 0 Å². The van der Waals surface area contributed by atoms with Crippen molar-refractivity contribution in [2.45, 2.75) is 0 Å². The quantitative estimate of drug-likeness (QED) is 0.151. The van der Waals surface area contributed by atoms with Gasteiger partial charge >= 0.3 is 12.0 Å². The van der Waals surface area contributed by atoms with Crippen LogP contribution in [0.5, 0.6) is 0 Å². The number of carboxylic acids is 1. The van der Waals surface area contributed by atoms with Crippen LogP contribution in [0, 0.1) is 17.0 Å². The highest BCUT2D eigenvalue weighted by atomic mass is 32.2. The number of hydrogen-bond acceptors (Lipinski definition) is 7. The predicted octanol–water partition coefficient (Wildman–Crippen LogP) is 0.304. The zero-order chi connectivity index (χ0) is 21.0. The lowest BCUT2D eigenvalue weighted by Gasteiger charge is -2.18. The molecule has 0 spiro atoms. The number of halogens is 2. The van der Waals surface area contributed by atoms with E-state index in [1.807, 2.05) is 10.9 Å². The van der Waals surface area contributed by atoms with E-state index in [0.717, 1.165) is 5.51 Å². The largest absolute Gasteiger partial charge is 0.476 e. The van der Waals surface area contributed by atoms with Crippen molar-refractivity contribution in [2.24, 2.45) is 5.73 Å². The molecule has 7 N–H and O–H groups in total. The number of thiazole rings is 1. The van der Waals surface area contributed by atoms with Crippen molar-refractivity contribution >= 4 is 56.6 Å². The molecule has 0 fully saturated rings. The average Bonchev–Trinajstić information content (AvgIpc) is 3.05. The molecule has 150 valence electrons. The summed E-state index contributed by atoms with van der Waals surface area (Å²) in [4.78, 5) is 26.2. The third kappa shape index (κ3) is 4.60. The Morgan fingerprint density at radius 1 is 1.25 bits per heavy atom. The molecule has 1 heterocycles. The Hall–Kier alpha value is -3.53. The maximum Gasteiger partial charge on any atom is 0.357 e. The number of urea groups is 1. The molecule has 12 nitrogen and oxygen atoms in total. The molecule has 0 bridgehead atoms. The van der Waals surface area contributed by atoms with Gasteiger partial charge in [0.2, 0.25) is 16.8 Å². The zero-order valence-corrected chi connectivity index (χ0v) is 15.1. The molecule has 0 unspecified atom stereocenters. The first-order valence-electron chi connectivity index (χ1n) is 6.89. The third-order valence-electron chi connectivity index (χ3n) is 2.93. The van der Waals surface area contributed by atoms with Crippen LogP contribution in [0.4, 0.5) is 30.0 Å². The monoisotopic (exact) mass is 435 g/mol. The molecule has 2 rings (SSSR count). The number of anilines is 3. The highest BCUT2D eigenvalue weighted by Gasteiger charge is 2.25. The molecular formula is C12H11F2N7O5S2. The number of rotatable bonds is 5. The van der Waals surface area contributed by atoms with Gasteiger partial charge in [0.1, 0.15) is 10.7 Å². The molecule has 0 saturated carbocycles. The van der Waals surface area contributed by atoms with Crippen LogP contribution in [-0.2, 0) is 10.9 Å². The fraction of sp³-hybridized carbons (Fsp3) is 0. The average molecular weight is 435 g/mol. The Balaban J connectivity index is 2.40. The number of amides is 2. The molecular weight excluding hydrogens is 424 g/mol. The van der Waals surface area contributed by atoms with Gasteiger partial charge in [-0.15, -0.1) is 11.3 Å².